The zero-order valence-corrected chi connectivity index (χ0v) is 14.3. The molecule has 23 heavy (non-hydrogen) atoms. The number of hydrogen-bond donors (Lipinski definition) is 1. The van der Waals surface area contributed by atoms with Crippen LogP contribution < -0.4 is 10.6 Å². The van der Waals surface area contributed by atoms with Crippen LogP contribution in [0.2, 0.25) is 0 Å². The second-order valence-electron chi connectivity index (χ2n) is 6.01. The lowest BCUT2D eigenvalue weighted by molar-refractivity contribution is -0.150. The zero-order chi connectivity index (χ0) is 17.0. The monoisotopic (exact) mass is 322 g/mol. The summed E-state index contributed by atoms with van der Waals surface area (Å²) in [6.45, 7) is 5.84. The molecule has 128 valence electrons. The summed E-state index contributed by atoms with van der Waals surface area (Å²) in [5.74, 6) is 1.18. The van der Waals surface area contributed by atoms with E-state index in [1.807, 2.05) is 27.9 Å². The highest BCUT2D eigenvalue weighted by Crippen LogP contribution is 2.26. The molecule has 2 atom stereocenters. The van der Waals surface area contributed by atoms with Crippen molar-refractivity contribution < 1.29 is 9.53 Å². The van der Waals surface area contributed by atoms with E-state index < -0.39 is 0 Å². The van der Waals surface area contributed by atoms with Crippen molar-refractivity contribution in [1.29, 1.82) is 0 Å². The highest BCUT2D eigenvalue weighted by molar-refractivity contribution is 5.72. The van der Waals surface area contributed by atoms with E-state index in [1.54, 1.807) is 4.90 Å². The van der Waals surface area contributed by atoms with Gasteiger partial charge in [0.15, 0.2) is 5.82 Å². The van der Waals surface area contributed by atoms with Crippen LogP contribution in [0.1, 0.15) is 38.6 Å². The average Bonchev–Trinajstić information content (AvgIpc) is 2.54. The Morgan fingerprint density at radius 3 is 2.83 bits per heavy atom. The van der Waals surface area contributed by atoms with Crippen molar-refractivity contribution in [3.8, 4) is 0 Å². The van der Waals surface area contributed by atoms with E-state index >= 15 is 0 Å². The van der Waals surface area contributed by atoms with E-state index in [0.717, 1.165) is 19.4 Å². The number of nitrogens with zero attached hydrogens (tertiary/aromatic N) is 5. The summed E-state index contributed by atoms with van der Waals surface area (Å²) in [4.78, 5) is 28.9. The molecule has 1 fully saturated rings. The number of nitrogen functional groups attached to an aromatic ring is 1. The normalized spacial score (nSPS) is 20.1. The van der Waals surface area contributed by atoms with Gasteiger partial charge in [-0.05, 0) is 33.2 Å². The third-order valence-corrected chi connectivity index (χ3v) is 4.05. The van der Waals surface area contributed by atoms with E-state index in [0.29, 0.717) is 24.9 Å². The van der Waals surface area contributed by atoms with Crippen LogP contribution in [0.3, 0.4) is 0 Å². The second-order valence-corrected chi connectivity index (χ2v) is 6.01. The Kier molecular flexibility index (Phi) is 5.70. The van der Waals surface area contributed by atoms with E-state index in [4.69, 9.17) is 10.5 Å². The average molecular weight is 322 g/mol. The molecule has 0 bridgehead atoms. The lowest BCUT2D eigenvalue weighted by atomic mass is 9.97. The van der Waals surface area contributed by atoms with Gasteiger partial charge < -0.3 is 15.4 Å². The van der Waals surface area contributed by atoms with Crippen LogP contribution in [0.5, 0.6) is 0 Å². The standard InChI is InChI=1S/C15H26N6O2/c1-5-23-13(22)11-7-6-8-21(9-11)10(2)12-17-14(16)19-15(18-12)20(3)4/h10-11H,5-9H2,1-4H3,(H2,16,17,18,19)/t10-,11-/m0/s1. The van der Waals surface area contributed by atoms with Gasteiger partial charge in [-0.3, -0.25) is 9.69 Å². The number of nitrogens with two attached hydrogens (primary N) is 1. The number of rotatable bonds is 5. The predicted molar refractivity (Wildman–Crippen MR) is 87.9 cm³/mol. The Balaban J connectivity index is 2.13. The number of esters is 1. The third-order valence-electron chi connectivity index (χ3n) is 4.05. The molecule has 8 heteroatoms. The Morgan fingerprint density at radius 2 is 2.17 bits per heavy atom. The van der Waals surface area contributed by atoms with Crippen LogP contribution in [-0.4, -0.2) is 59.6 Å². The van der Waals surface area contributed by atoms with Gasteiger partial charge in [0.25, 0.3) is 0 Å². The lowest BCUT2D eigenvalue weighted by Crippen LogP contribution is -2.41. The minimum atomic E-state index is -0.117. The Hall–Kier alpha value is -1.96. The minimum absolute atomic E-state index is 0.0313. The topological polar surface area (TPSA) is 97.5 Å². The maximum atomic E-state index is 12.0. The summed E-state index contributed by atoms with van der Waals surface area (Å²) in [6, 6.07) is -0.0313. The molecule has 1 aromatic rings. The largest absolute Gasteiger partial charge is 0.466 e. The van der Waals surface area contributed by atoms with Gasteiger partial charge in [0.1, 0.15) is 0 Å². The smallest absolute Gasteiger partial charge is 0.310 e. The van der Waals surface area contributed by atoms with Crippen LogP contribution in [-0.2, 0) is 9.53 Å². The molecule has 1 aliphatic heterocycles. The fourth-order valence-electron chi connectivity index (χ4n) is 2.76. The van der Waals surface area contributed by atoms with E-state index in [2.05, 4.69) is 19.9 Å². The molecular formula is C15H26N6O2. The molecule has 0 spiro atoms. The number of carbonyl (C=O) groups is 1. The van der Waals surface area contributed by atoms with E-state index in [9.17, 15) is 4.79 Å². The first-order valence-corrected chi connectivity index (χ1v) is 8.01. The summed E-state index contributed by atoms with van der Waals surface area (Å²) in [5, 5.41) is 0. The molecule has 2 heterocycles. The third kappa shape index (κ3) is 4.28. The molecule has 1 saturated heterocycles. The maximum absolute atomic E-state index is 12.0. The van der Waals surface area contributed by atoms with Gasteiger partial charge in [0.2, 0.25) is 11.9 Å². The summed E-state index contributed by atoms with van der Waals surface area (Å²) >= 11 is 0. The number of piperidine rings is 1. The Morgan fingerprint density at radius 1 is 1.43 bits per heavy atom. The fraction of sp³-hybridized carbons (Fsp3) is 0.733. The first-order chi connectivity index (χ1) is 10.9. The highest BCUT2D eigenvalue weighted by atomic mass is 16.5. The predicted octanol–water partition coefficient (Wildman–Crippen LogP) is 0.856. The molecule has 0 aromatic carbocycles. The summed E-state index contributed by atoms with van der Waals surface area (Å²) in [5.41, 5.74) is 5.80. The molecule has 1 aliphatic rings. The van der Waals surface area contributed by atoms with Gasteiger partial charge in [0.05, 0.1) is 18.6 Å². The first-order valence-electron chi connectivity index (χ1n) is 8.01. The molecule has 0 aliphatic carbocycles. The molecule has 0 radical (unpaired) electrons. The van der Waals surface area contributed by atoms with Crippen molar-refractivity contribution in [2.45, 2.75) is 32.7 Å². The zero-order valence-electron chi connectivity index (χ0n) is 14.3. The maximum Gasteiger partial charge on any atom is 0.310 e. The van der Waals surface area contributed by atoms with Gasteiger partial charge in [-0.15, -0.1) is 0 Å². The molecule has 1 aromatic heterocycles. The Bertz CT molecular complexity index is 551. The summed E-state index contributed by atoms with van der Waals surface area (Å²) in [7, 11) is 3.72. The van der Waals surface area contributed by atoms with Crippen LogP contribution in [0.4, 0.5) is 11.9 Å². The SMILES string of the molecule is CCOC(=O)[C@H]1CCCN([C@@H](C)c2nc(N)nc(N(C)C)n2)C1. The first kappa shape index (κ1) is 17.4. The van der Waals surface area contributed by atoms with Crippen molar-refractivity contribution in [2.24, 2.45) is 5.92 Å². The number of hydrogen-bond acceptors (Lipinski definition) is 8. The van der Waals surface area contributed by atoms with Gasteiger partial charge in [0, 0.05) is 20.6 Å². The highest BCUT2D eigenvalue weighted by Gasteiger charge is 2.30. The second kappa shape index (κ2) is 7.54. The molecule has 0 amide bonds. The lowest BCUT2D eigenvalue weighted by Gasteiger charge is -2.35. The van der Waals surface area contributed by atoms with Gasteiger partial charge in [-0.2, -0.15) is 15.0 Å². The van der Waals surface area contributed by atoms with Crippen LogP contribution >= 0.6 is 0 Å². The fourth-order valence-corrected chi connectivity index (χ4v) is 2.76. The van der Waals surface area contributed by atoms with Crippen LogP contribution in [0.15, 0.2) is 0 Å². The van der Waals surface area contributed by atoms with Crippen molar-refractivity contribution in [3.05, 3.63) is 5.82 Å². The van der Waals surface area contributed by atoms with Gasteiger partial charge >= 0.3 is 5.97 Å². The van der Waals surface area contributed by atoms with Gasteiger partial charge in [-0.25, -0.2) is 0 Å². The molecule has 8 nitrogen and oxygen atoms in total. The van der Waals surface area contributed by atoms with E-state index in [1.165, 1.54) is 0 Å². The number of likely N-dealkylation sites (tertiary alicyclic amines) is 1. The number of ether oxygens (including phenoxy) is 1. The number of aromatic nitrogens is 3. The molecule has 0 saturated carbocycles. The number of carbonyl (C=O) groups excluding carboxylic acids is 1. The van der Waals surface area contributed by atoms with Crippen molar-refractivity contribution >= 4 is 17.9 Å². The summed E-state index contributed by atoms with van der Waals surface area (Å²) < 4.78 is 5.15. The van der Waals surface area contributed by atoms with Crippen molar-refractivity contribution in [1.82, 2.24) is 19.9 Å². The van der Waals surface area contributed by atoms with Crippen molar-refractivity contribution in [2.75, 3.05) is 44.4 Å². The Labute approximate surface area is 137 Å². The minimum Gasteiger partial charge on any atom is -0.466 e. The van der Waals surface area contributed by atoms with Crippen molar-refractivity contribution in [3.63, 3.8) is 0 Å². The van der Waals surface area contributed by atoms with Crippen LogP contribution in [0.25, 0.3) is 0 Å². The molecule has 2 rings (SSSR count). The number of anilines is 2. The molecule has 2 N–H and O–H groups in total. The molecule has 0 unspecified atom stereocenters. The molecular weight excluding hydrogens is 296 g/mol. The summed E-state index contributed by atoms with van der Waals surface area (Å²) in [6.07, 6.45) is 1.82. The van der Waals surface area contributed by atoms with Crippen LogP contribution in [0, 0.1) is 5.92 Å². The van der Waals surface area contributed by atoms with E-state index in [-0.39, 0.29) is 23.9 Å². The van der Waals surface area contributed by atoms with Gasteiger partial charge in [-0.1, -0.05) is 0 Å². The quantitative estimate of drug-likeness (QED) is 0.797.